The Bertz CT molecular complexity index is 327. The summed E-state index contributed by atoms with van der Waals surface area (Å²) in [6.07, 6.45) is 8.77. The van der Waals surface area contributed by atoms with E-state index in [1.165, 1.54) is 32.1 Å². The van der Waals surface area contributed by atoms with Crippen molar-refractivity contribution in [2.45, 2.75) is 65.3 Å². The van der Waals surface area contributed by atoms with E-state index < -0.39 is 0 Å². The van der Waals surface area contributed by atoms with E-state index in [0.29, 0.717) is 5.88 Å². The van der Waals surface area contributed by atoms with Crippen LogP contribution in [0.5, 0.6) is 5.88 Å². The minimum atomic E-state index is 0.637. The summed E-state index contributed by atoms with van der Waals surface area (Å²) in [5.41, 5.74) is 0.963. The van der Waals surface area contributed by atoms with Crippen LogP contribution in [0.15, 0.2) is 12.1 Å². The van der Waals surface area contributed by atoms with Crippen LogP contribution in [0.25, 0.3) is 0 Å². The summed E-state index contributed by atoms with van der Waals surface area (Å²) in [6, 6.07) is 3.89. The molecule has 114 valence electrons. The molecule has 1 heterocycles. The molecule has 0 saturated heterocycles. The van der Waals surface area contributed by atoms with Gasteiger partial charge in [0.25, 0.3) is 0 Å². The Kier molecular flexibility index (Phi) is 9.84. The van der Waals surface area contributed by atoms with Crippen LogP contribution < -0.4 is 10.1 Å². The topological polar surface area (TPSA) is 47.0 Å². The molecule has 0 bridgehead atoms. The largest absolute Gasteiger partial charge is 0.477 e. The molecule has 0 atom stereocenters. The van der Waals surface area contributed by atoms with Gasteiger partial charge in [0.2, 0.25) is 5.88 Å². The van der Waals surface area contributed by atoms with Gasteiger partial charge in [-0.15, -0.1) is 5.10 Å². The van der Waals surface area contributed by atoms with Gasteiger partial charge in [0.1, 0.15) is 0 Å². The van der Waals surface area contributed by atoms with Gasteiger partial charge in [0.05, 0.1) is 12.3 Å². The number of unbranched alkanes of at least 4 members (excludes halogenated alkanes) is 5. The Labute approximate surface area is 123 Å². The number of rotatable bonds is 12. The highest BCUT2D eigenvalue weighted by Crippen LogP contribution is 2.08. The van der Waals surface area contributed by atoms with Crippen molar-refractivity contribution in [3.63, 3.8) is 0 Å². The standard InChI is InChI=1S/C16H29N3O/c1-3-5-6-7-8-9-13-20-16-11-10-15(18-19-16)14-17-12-4-2/h10-11,17H,3-9,12-14H2,1-2H3. The SMILES string of the molecule is CCCCCCCCOc1ccc(CNCCC)nn1. The second-order valence-electron chi connectivity index (χ2n) is 5.16. The van der Waals surface area contributed by atoms with Crippen molar-refractivity contribution in [1.29, 1.82) is 0 Å². The van der Waals surface area contributed by atoms with Crippen LogP contribution >= 0.6 is 0 Å². The molecule has 0 spiro atoms. The van der Waals surface area contributed by atoms with E-state index in [2.05, 4.69) is 29.4 Å². The van der Waals surface area contributed by atoms with Crippen molar-refractivity contribution < 1.29 is 4.74 Å². The highest BCUT2D eigenvalue weighted by molar-refractivity contribution is 5.11. The zero-order chi connectivity index (χ0) is 14.5. The molecule has 1 N–H and O–H groups in total. The summed E-state index contributed by atoms with van der Waals surface area (Å²) in [4.78, 5) is 0. The number of nitrogens with one attached hydrogen (secondary N) is 1. The molecule has 0 amide bonds. The Balaban J connectivity index is 2.08. The first-order valence-electron chi connectivity index (χ1n) is 8.03. The summed E-state index contributed by atoms with van der Waals surface area (Å²) in [6.45, 7) is 6.92. The van der Waals surface area contributed by atoms with E-state index in [9.17, 15) is 0 Å². The molecular weight excluding hydrogens is 250 g/mol. The van der Waals surface area contributed by atoms with Crippen LogP contribution in [0.4, 0.5) is 0 Å². The molecule has 0 saturated carbocycles. The molecule has 0 aromatic carbocycles. The highest BCUT2D eigenvalue weighted by atomic mass is 16.5. The number of ether oxygens (including phenoxy) is 1. The predicted octanol–water partition coefficient (Wildman–Crippen LogP) is 3.72. The maximum Gasteiger partial charge on any atom is 0.233 e. The lowest BCUT2D eigenvalue weighted by Gasteiger charge is -2.06. The molecule has 0 fully saturated rings. The average molecular weight is 279 g/mol. The number of hydrogen-bond donors (Lipinski definition) is 1. The van der Waals surface area contributed by atoms with Gasteiger partial charge < -0.3 is 10.1 Å². The zero-order valence-corrected chi connectivity index (χ0v) is 13.0. The molecule has 0 aliphatic rings. The summed E-state index contributed by atoms with van der Waals surface area (Å²) in [7, 11) is 0. The van der Waals surface area contributed by atoms with Gasteiger partial charge >= 0.3 is 0 Å². The van der Waals surface area contributed by atoms with Crippen LogP contribution in [0.3, 0.4) is 0 Å². The molecule has 4 heteroatoms. The fourth-order valence-corrected chi connectivity index (χ4v) is 1.97. The molecule has 0 unspecified atom stereocenters. The molecular formula is C16H29N3O. The second kappa shape index (κ2) is 11.6. The molecule has 0 aliphatic heterocycles. The van der Waals surface area contributed by atoms with Gasteiger partial charge in [0.15, 0.2) is 0 Å². The Morgan fingerprint density at radius 2 is 1.75 bits per heavy atom. The molecule has 0 aliphatic carbocycles. The third-order valence-electron chi connectivity index (χ3n) is 3.18. The fourth-order valence-electron chi connectivity index (χ4n) is 1.97. The Morgan fingerprint density at radius 1 is 0.950 bits per heavy atom. The van der Waals surface area contributed by atoms with Crippen LogP contribution in [-0.4, -0.2) is 23.3 Å². The molecule has 0 radical (unpaired) electrons. The van der Waals surface area contributed by atoms with Crippen molar-refractivity contribution in [2.75, 3.05) is 13.2 Å². The summed E-state index contributed by atoms with van der Waals surface area (Å²) >= 11 is 0. The summed E-state index contributed by atoms with van der Waals surface area (Å²) in [5.74, 6) is 0.637. The third-order valence-corrected chi connectivity index (χ3v) is 3.18. The highest BCUT2D eigenvalue weighted by Gasteiger charge is 1.99. The summed E-state index contributed by atoms with van der Waals surface area (Å²) in [5, 5.41) is 11.5. The monoisotopic (exact) mass is 279 g/mol. The Hall–Kier alpha value is -1.16. The lowest BCUT2D eigenvalue weighted by Crippen LogP contribution is -2.15. The molecule has 1 rings (SSSR count). The number of nitrogens with zero attached hydrogens (tertiary/aromatic N) is 2. The third kappa shape index (κ3) is 8.10. The van der Waals surface area contributed by atoms with Crippen molar-refractivity contribution >= 4 is 0 Å². The first kappa shape index (κ1) is 16.9. The van der Waals surface area contributed by atoms with Crippen molar-refractivity contribution in [2.24, 2.45) is 0 Å². The average Bonchev–Trinajstić information content (AvgIpc) is 2.48. The maximum absolute atomic E-state index is 5.60. The van der Waals surface area contributed by atoms with Gasteiger partial charge in [0, 0.05) is 12.6 Å². The zero-order valence-electron chi connectivity index (χ0n) is 13.0. The minimum absolute atomic E-state index is 0.637. The van der Waals surface area contributed by atoms with E-state index in [1.54, 1.807) is 0 Å². The predicted molar refractivity (Wildman–Crippen MR) is 82.9 cm³/mol. The van der Waals surface area contributed by atoms with E-state index in [1.807, 2.05) is 12.1 Å². The van der Waals surface area contributed by atoms with Gasteiger partial charge in [-0.1, -0.05) is 46.0 Å². The molecule has 1 aromatic heterocycles. The molecule has 1 aromatic rings. The van der Waals surface area contributed by atoms with Crippen molar-refractivity contribution in [1.82, 2.24) is 15.5 Å². The summed E-state index contributed by atoms with van der Waals surface area (Å²) < 4.78 is 5.60. The lowest BCUT2D eigenvalue weighted by molar-refractivity contribution is 0.289. The fraction of sp³-hybridized carbons (Fsp3) is 0.750. The van der Waals surface area contributed by atoms with Crippen molar-refractivity contribution in [3.05, 3.63) is 17.8 Å². The van der Waals surface area contributed by atoms with Gasteiger partial charge in [-0.3, -0.25) is 0 Å². The van der Waals surface area contributed by atoms with Gasteiger partial charge in [-0.25, -0.2) is 0 Å². The van der Waals surface area contributed by atoms with Crippen molar-refractivity contribution in [3.8, 4) is 5.88 Å². The minimum Gasteiger partial charge on any atom is -0.477 e. The number of hydrogen-bond acceptors (Lipinski definition) is 4. The van der Waals surface area contributed by atoms with E-state index in [4.69, 9.17) is 4.74 Å². The lowest BCUT2D eigenvalue weighted by atomic mass is 10.1. The normalized spacial score (nSPS) is 10.7. The van der Waals surface area contributed by atoms with Crippen LogP contribution in [0, 0.1) is 0 Å². The maximum atomic E-state index is 5.60. The van der Waals surface area contributed by atoms with Crippen LogP contribution in [0.1, 0.15) is 64.5 Å². The molecule has 20 heavy (non-hydrogen) atoms. The van der Waals surface area contributed by atoms with Crippen LogP contribution in [-0.2, 0) is 6.54 Å². The van der Waals surface area contributed by atoms with Gasteiger partial charge in [-0.05, 0) is 25.5 Å². The number of aromatic nitrogens is 2. The first-order valence-corrected chi connectivity index (χ1v) is 8.03. The van der Waals surface area contributed by atoms with Crippen LogP contribution in [0.2, 0.25) is 0 Å². The first-order chi connectivity index (χ1) is 9.86. The van der Waals surface area contributed by atoms with Gasteiger partial charge in [-0.2, -0.15) is 5.10 Å². The second-order valence-corrected chi connectivity index (χ2v) is 5.16. The van der Waals surface area contributed by atoms with E-state index >= 15 is 0 Å². The van der Waals surface area contributed by atoms with E-state index in [0.717, 1.165) is 38.2 Å². The Morgan fingerprint density at radius 3 is 2.45 bits per heavy atom. The smallest absolute Gasteiger partial charge is 0.233 e. The van der Waals surface area contributed by atoms with E-state index in [-0.39, 0.29) is 0 Å². The molecule has 4 nitrogen and oxygen atoms in total. The quantitative estimate of drug-likeness (QED) is 0.592.